The van der Waals surface area contributed by atoms with E-state index in [1.54, 1.807) is 32.3 Å². The van der Waals surface area contributed by atoms with E-state index in [4.69, 9.17) is 16.3 Å². The molecule has 2 aromatic carbocycles. The van der Waals surface area contributed by atoms with Crippen molar-refractivity contribution in [2.75, 3.05) is 27.2 Å². The van der Waals surface area contributed by atoms with E-state index >= 15 is 0 Å². The van der Waals surface area contributed by atoms with E-state index < -0.39 is 35.0 Å². The molecular weight excluding hydrogens is 590 g/mol. The van der Waals surface area contributed by atoms with Crippen LogP contribution in [0.15, 0.2) is 42.5 Å². The fraction of sp³-hybridized carbons (Fsp3) is 0.517. The smallest absolute Gasteiger partial charge is 0.430 e. The number of hydrogen-bond acceptors (Lipinski definition) is 4. The molecule has 1 saturated heterocycles. The van der Waals surface area contributed by atoms with Crippen molar-refractivity contribution in [2.24, 2.45) is 11.8 Å². The van der Waals surface area contributed by atoms with Crippen molar-refractivity contribution >= 4 is 23.4 Å². The van der Waals surface area contributed by atoms with Gasteiger partial charge in [-0.2, -0.15) is 26.3 Å². The monoisotopic (exact) mass is 620 g/mol. The van der Waals surface area contributed by atoms with E-state index in [0.29, 0.717) is 42.2 Å². The Kier molecular flexibility index (Phi) is 9.09. The summed E-state index contributed by atoms with van der Waals surface area (Å²) >= 11 is 6.24. The number of alkyl halides is 6. The quantitative estimate of drug-likeness (QED) is 0.369. The maximum atomic E-state index is 14.0. The minimum atomic E-state index is -5.53. The van der Waals surface area contributed by atoms with Crippen LogP contribution in [0.3, 0.4) is 0 Å². The van der Waals surface area contributed by atoms with E-state index in [0.717, 1.165) is 30.2 Å². The molecule has 0 unspecified atom stereocenters. The Balaban J connectivity index is 1.30. The number of hydrogen-bond donors (Lipinski definition) is 1. The molecule has 1 saturated carbocycles. The van der Waals surface area contributed by atoms with Crippen LogP contribution in [0, 0.1) is 11.8 Å². The molecule has 4 rings (SSSR count). The Labute approximate surface area is 244 Å². The second kappa shape index (κ2) is 11.9. The predicted octanol–water partition coefficient (Wildman–Crippen LogP) is 6.30. The number of rotatable bonds is 7. The summed E-state index contributed by atoms with van der Waals surface area (Å²) in [6.07, 6.45) is -7.40. The molecule has 6 nitrogen and oxygen atoms in total. The van der Waals surface area contributed by atoms with E-state index in [9.17, 15) is 41.0 Å². The molecule has 1 aliphatic carbocycles. The molecule has 2 amide bonds. The van der Waals surface area contributed by atoms with Gasteiger partial charge in [0.1, 0.15) is 5.75 Å². The highest BCUT2D eigenvalue weighted by atomic mass is 35.5. The molecule has 230 valence electrons. The van der Waals surface area contributed by atoms with Gasteiger partial charge in [0.15, 0.2) is 0 Å². The first-order valence-corrected chi connectivity index (χ1v) is 13.8. The van der Waals surface area contributed by atoms with Crippen LogP contribution in [0.1, 0.15) is 53.6 Å². The van der Waals surface area contributed by atoms with Gasteiger partial charge in [-0.15, -0.1) is 0 Å². The Morgan fingerprint density at radius 2 is 1.60 bits per heavy atom. The summed E-state index contributed by atoms with van der Waals surface area (Å²) in [6.45, 7) is -0.103. The number of ether oxygens (including phenoxy) is 1. The van der Waals surface area contributed by atoms with Crippen LogP contribution in [-0.4, -0.2) is 66.2 Å². The highest BCUT2D eigenvalue weighted by Crippen LogP contribution is 2.44. The standard InChI is InChI=1S/C29H31ClF6N2O4/c1-37(2)25(39)23-7-6-21(16-24(23)30)42-22-13-18(14-22)12-17-8-10-38(11-9-17)26(40)27(41,29(34,35)36)19-4-3-5-20(15-19)28(31,32)33/h3-7,15-18,22,41H,8-14H2,1-2H3/t18?,22?,27-/m1/s1. The largest absolute Gasteiger partial charge is 0.490 e. The average molecular weight is 621 g/mol. The lowest BCUT2D eigenvalue weighted by molar-refractivity contribution is -0.262. The highest BCUT2D eigenvalue weighted by Gasteiger charge is 2.62. The van der Waals surface area contributed by atoms with E-state index in [1.165, 1.54) is 4.90 Å². The SMILES string of the molecule is CN(C)C(=O)c1ccc(OC2CC(CC3CCN(C(=O)[C@](O)(c4cccc(C(F)(F)F)c4)C(F)(F)F)CC3)C2)cc1Cl. The number of benzene rings is 2. The third-order valence-electron chi connectivity index (χ3n) is 7.97. The van der Waals surface area contributed by atoms with E-state index in [1.807, 2.05) is 0 Å². The maximum absolute atomic E-state index is 14.0. The van der Waals surface area contributed by atoms with Crippen molar-refractivity contribution in [1.29, 1.82) is 0 Å². The zero-order valence-electron chi connectivity index (χ0n) is 22.9. The predicted molar refractivity (Wildman–Crippen MR) is 142 cm³/mol. The molecular formula is C29H31ClF6N2O4. The molecule has 13 heteroatoms. The molecule has 0 radical (unpaired) electrons. The molecule has 2 fully saturated rings. The summed E-state index contributed by atoms with van der Waals surface area (Å²) in [5, 5.41) is 10.9. The third-order valence-corrected chi connectivity index (χ3v) is 8.28. The van der Waals surface area contributed by atoms with Crippen LogP contribution in [0.4, 0.5) is 26.3 Å². The number of carbonyl (C=O) groups is 2. The molecule has 1 aliphatic heterocycles. The van der Waals surface area contributed by atoms with Gasteiger partial charge < -0.3 is 19.6 Å². The van der Waals surface area contributed by atoms with Crippen LogP contribution in [0.5, 0.6) is 5.75 Å². The van der Waals surface area contributed by atoms with Gasteiger partial charge in [-0.05, 0) is 74.3 Å². The van der Waals surface area contributed by atoms with Gasteiger partial charge in [0.25, 0.3) is 17.4 Å². The Morgan fingerprint density at radius 1 is 0.976 bits per heavy atom. The fourth-order valence-corrected chi connectivity index (χ4v) is 5.79. The van der Waals surface area contributed by atoms with Gasteiger partial charge in [-0.1, -0.05) is 23.7 Å². The van der Waals surface area contributed by atoms with Crippen molar-refractivity contribution in [3.8, 4) is 5.75 Å². The summed E-state index contributed by atoms with van der Waals surface area (Å²) in [7, 11) is 3.25. The van der Waals surface area contributed by atoms with Gasteiger partial charge in [-0.25, -0.2) is 0 Å². The molecule has 1 heterocycles. The summed E-state index contributed by atoms with van der Waals surface area (Å²) in [4.78, 5) is 27.4. The lowest BCUT2D eigenvalue weighted by atomic mass is 9.74. The number of carbonyl (C=O) groups excluding carboxylic acids is 2. The van der Waals surface area contributed by atoms with Crippen molar-refractivity contribution in [3.05, 3.63) is 64.2 Å². The van der Waals surface area contributed by atoms with E-state index in [2.05, 4.69) is 0 Å². The second-order valence-corrected chi connectivity index (χ2v) is 11.6. The average Bonchev–Trinajstić information content (AvgIpc) is 2.90. The van der Waals surface area contributed by atoms with Crippen molar-refractivity contribution < 1.29 is 45.8 Å². The molecule has 1 atom stereocenters. The minimum absolute atomic E-state index is 0.0441. The van der Waals surface area contributed by atoms with Gasteiger partial charge in [0.2, 0.25) is 0 Å². The number of amides is 2. The summed E-state index contributed by atoms with van der Waals surface area (Å²) in [5.41, 5.74) is -6.29. The Morgan fingerprint density at radius 3 is 2.14 bits per heavy atom. The Hall–Kier alpha value is -2.99. The fourth-order valence-electron chi connectivity index (χ4n) is 5.54. The normalized spacial score (nSPS) is 21.3. The minimum Gasteiger partial charge on any atom is -0.490 e. The van der Waals surface area contributed by atoms with Crippen LogP contribution >= 0.6 is 11.6 Å². The van der Waals surface area contributed by atoms with Crippen molar-refractivity contribution in [3.63, 3.8) is 0 Å². The van der Waals surface area contributed by atoms with Gasteiger partial charge in [0.05, 0.1) is 22.3 Å². The highest BCUT2D eigenvalue weighted by molar-refractivity contribution is 6.34. The third kappa shape index (κ3) is 6.64. The number of aliphatic hydroxyl groups is 1. The zero-order chi connectivity index (χ0) is 31.0. The number of nitrogens with zero attached hydrogens (tertiary/aromatic N) is 2. The first-order valence-electron chi connectivity index (χ1n) is 13.4. The van der Waals surface area contributed by atoms with Gasteiger partial charge in [0, 0.05) is 32.7 Å². The summed E-state index contributed by atoms with van der Waals surface area (Å²) in [5.74, 6) is -0.894. The number of likely N-dealkylation sites (tertiary alicyclic amines) is 1. The van der Waals surface area contributed by atoms with Crippen molar-refractivity contribution in [1.82, 2.24) is 9.80 Å². The number of halogens is 7. The first-order chi connectivity index (χ1) is 19.5. The Bertz CT molecular complexity index is 1300. The topological polar surface area (TPSA) is 70.1 Å². The first kappa shape index (κ1) is 31.9. The molecule has 42 heavy (non-hydrogen) atoms. The molecule has 1 N–H and O–H groups in total. The lowest BCUT2D eigenvalue weighted by Gasteiger charge is -2.41. The van der Waals surface area contributed by atoms with Crippen LogP contribution < -0.4 is 4.74 Å². The second-order valence-electron chi connectivity index (χ2n) is 11.2. The van der Waals surface area contributed by atoms with Crippen LogP contribution in [-0.2, 0) is 16.6 Å². The van der Waals surface area contributed by atoms with Crippen LogP contribution in [0.25, 0.3) is 0 Å². The van der Waals surface area contributed by atoms with E-state index in [-0.39, 0.29) is 42.1 Å². The van der Waals surface area contributed by atoms with Crippen LogP contribution in [0.2, 0.25) is 5.02 Å². The summed E-state index contributed by atoms with van der Waals surface area (Å²) < 4.78 is 87.4. The van der Waals surface area contributed by atoms with Gasteiger partial charge >= 0.3 is 12.4 Å². The van der Waals surface area contributed by atoms with Crippen molar-refractivity contribution in [2.45, 2.75) is 56.2 Å². The van der Waals surface area contributed by atoms with Gasteiger partial charge in [-0.3, -0.25) is 9.59 Å². The summed E-state index contributed by atoms with van der Waals surface area (Å²) in [6, 6.07) is 7.04. The molecule has 0 bridgehead atoms. The zero-order valence-corrected chi connectivity index (χ0v) is 23.7. The molecule has 0 spiro atoms. The molecule has 0 aromatic heterocycles. The maximum Gasteiger partial charge on any atom is 0.430 e. The lowest BCUT2D eigenvalue weighted by Crippen LogP contribution is -2.57. The molecule has 2 aromatic rings. The number of piperidine rings is 1. The molecule has 2 aliphatic rings.